The Morgan fingerprint density at radius 1 is 0.793 bits per heavy atom. The van der Waals surface area contributed by atoms with Crippen LogP contribution < -0.4 is 5.32 Å². The second-order valence-electron chi connectivity index (χ2n) is 6.93. The summed E-state index contributed by atoms with van der Waals surface area (Å²) in [6, 6.07) is 26.5. The first-order valence-corrected chi connectivity index (χ1v) is 9.57. The standard InChI is InChI=1S/C24H22N4O/c29-24(14-19-10-12-23(13-11-19)22-4-2-1-3-5-22)26-15-20-6-8-21(9-7-20)16-28-18-25-17-27-28/h1-13,17-18H,14-16H2,(H,26,29). The van der Waals surface area contributed by atoms with Crippen LogP contribution in [0.2, 0.25) is 0 Å². The van der Waals surface area contributed by atoms with Crippen LogP contribution in [-0.2, 0) is 24.3 Å². The van der Waals surface area contributed by atoms with E-state index in [0.717, 1.165) is 22.3 Å². The lowest BCUT2D eigenvalue weighted by molar-refractivity contribution is -0.120. The van der Waals surface area contributed by atoms with Gasteiger partial charge in [-0.1, -0.05) is 78.9 Å². The van der Waals surface area contributed by atoms with E-state index in [0.29, 0.717) is 19.5 Å². The van der Waals surface area contributed by atoms with Crippen molar-refractivity contribution in [1.29, 1.82) is 0 Å². The highest BCUT2D eigenvalue weighted by atomic mass is 16.1. The van der Waals surface area contributed by atoms with Gasteiger partial charge in [0.1, 0.15) is 12.7 Å². The number of nitrogens with one attached hydrogen (secondary N) is 1. The van der Waals surface area contributed by atoms with E-state index < -0.39 is 0 Å². The van der Waals surface area contributed by atoms with Gasteiger partial charge in [-0.25, -0.2) is 9.67 Å². The number of rotatable bonds is 7. The van der Waals surface area contributed by atoms with E-state index in [1.54, 1.807) is 11.0 Å². The van der Waals surface area contributed by atoms with Crippen molar-refractivity contribution in [3.8, 4) is 11.1 Å². The highest BCUT2D eigenvalue weighted by molar-refractivity contribution is 5.78. The van der Waals surface area contributed by atoms with Crippen LogP contribution in [0, 0.1) is 0 Å². The summed E-state index contributed by atoms with van der Waals surface area (Å²) in [5, 5.41) is 7.10. The Labute approximate surface area is 170 Å². The molecule has 0 bridgehead atoms. The zero-order valence-corrected chi connectivity index (χ0v) is 16.0. The van der Waals surface area contributed by atoms with Crippen molar-refractivity contribution in [3.05, 3.63) is 108 Å². The molecular weight excluding hydrogens is 360 g/mol. The molecule has 4 aromatic rings. The van der Waals surface area contributed by atoms with Crippen LogP contribution in [0.25, 0.3) is 11.1 Å². The van der Waals surface area contributed by atoms with E-state index in [-0.39, 0.29) is 5.91 Å². The quantitative estimate of drug-likeness (QED) is 0.528. The average molecular weight is 382 g/mol. The average Bonchev–Trinajstić information content (AvgIpc) is 3.27. The summed E-state index contributed by atoms with van der Waals surface area (Å²) in [6.07, 6.45) is 3.60. The molecule has 1 aromatic heterocycles. The topological polar surface area (TPSA) is 59.8 Å². The molecular formula is C24H22N4O. The third kappa shape index (κ3) is 5.17. The maximum absolute atomic E-state index is 12.3. The number of benzene rings is 3. The summed E-state index contributed by atoms with van der Waals surface area (Å²) in [4.78, 5) is 16.2. The number of amides is 1. The zero-order chi connectivity index (χ0) is 19.9. The van der Waals surface area contributed by atoms with Crippen LogP contribution in [0.1, 0.15) is 16.7 Å². The molecule has 0 unspecified atom stereocenters. The van der Waals surface area contributed by atoms with Gasteiger partial charge in [0.15, 0.2) is 0 Å². The summed E-state index contributed by atoms with van der Waals surface area (Å²) in [6.45, 7) is 1.20. The van der Waals surface area contributed by atoms with Crippen molar-refractivity contribution in [1.82, 2.24) is 20.1 Å². The predicted molar refractivity (Wildman–Crippen MR) is 113 cm³/mol. The number of hydrogen-bond donors (Lipinski definition) is 1. The minimum absolute atomic E-state index is 0.0177. The molecule has 0 saturated heterocycles. The molecule has 1 heterocycles. The number of carbonyl (C=O) groups is 1. The molecule has 0 aliphatic rings. The lowest BCUT2D eigenvalue weighted by Crippen LogP contribution is -2.24. The molecule has 0 aliphatic heterocycles. The van der Waals surface area contributed by atoms with Gasteiger partial charge in [0.25, 0.3) is 0 Å². The third-order valence-electron chi connectivity index (χ3n) is 4.75. The first-order chi connectivity index (χ1) is 14.3. The highest BCUT2D eigenvalue weighted by Gasteiger charge is 2.05. The van der Waals surface area contributed by atoms with Gasteiger partial charge < -0.3 is 5.32 Å². The van der Waals surface area contributed by atoms with E-state index in [1.165, 1.54) is 11.9 Å². The lowest BCUT2D eigenvalue weighted by atomic mass is 10.0. The Morgan fingerprint density at radius 2 is 1.45 bits per heavy atom. The molecule has 0 aliphatic carbocycles. The number of hydrogen-bond acceptors (Lipinski definition) is 3. The third-order valence-corrected chi connectivity index (χ3v) is 4.75. The van der Waals surface area contributed by atoms with E-state index in [2.05, 4.69) is 39.7 Å². The summed E-state index contributed by atoms with van der Waals surface area (Å²) >= 11 is 0. The lowest BCUT2D eigenvalue weighted by Gasteiger charge is -2.08. The monoisotopic (exact) mass is 382 g/mol. The van der Waals surface area contributed by atoms with Gasteiger partial charge in [0, 0.05) is 6.54 Å². The van der Waals surface area contributed by atoms with Crippen LogP contribution >= 0.6 is 0 Å². The Kier molecular flexibility index (Phi) is 5.76. The molecule has 5 heteroatoms. The Balaban J connectivity index is 1.27. The van der Waals surface area contributed by atoms with Crippen molar-refractivity contribution in [2.75, 3.05) is 0 Å². The van der Waals surface area contributed by atoms with Crippen molar-refractivity contribution < 1.29 is 4.79 Å². The van der Waals surface area contributed by atoms with Crippen LogP contribution in [-0.4, -0.2) is 20.7 Å². The Morgan fingerprint density at radius 3 is 2.14 bits per heavy atom. The van der Waals surface area contributed by atoms with Crippen molar-refractivity contribution in [2.24, 2.45) is 0 Å². The molecule has 0 saturated carbocycles. The fourth-order valence-electron chi connectivity index (χ4n) is 3.16. The molecule has 29 heavy (non-hydrogen) atoms. The van der Waals surface area contributed by atoms with Gasteiger partial charge in [-0.05, 0) is 27.8 Å². The van der Waals surface area contributed by atoms with Gasteiger partial charge >= 0.3 is 0 Å². The minimum atomic E-state index is 0.0177. The maximum Gasteiger partial charge on any atom is 0.224 e. The number of aromatic nitrogens is 3. The van der Waals surface area contributed by atoms with Crippen molar-refractivity contribution in [3.63, 3.8) is 0 Å². The predicted octanol–water partition coefficient (Wildman–Crippen LogP) is 3.85. The van der Waals surface area contributed by atoms with Gasteiger partial charge in [0.2, 0.25) is 5.91 Å². The molecule has 0 fully saturated rings. The number of carbonyl (C=O) groups excluding carboxylic acids is 1. The minimum Gasteiger partial charge on any atom is -0.352 e. The maximum atomic E-state index is 12.3. The molecule has 4 rings (SSSR count). The number of nitrogens with zero attached hydrogens (tertiary/aromatic N) is 3. The molecule has 1 N–H and O–H groups in total. The van der Waals surface area contributed by atoms with Crippen LogP contribution in [0.15, 0.2) is 91.5 Å². The SMILES string of the molecule is O=C(Cc1ccc(-c2ccccc2)cc1)NCc1ccc(Cn2cncn2)cc1. The van der Waals surface area contributed by atoms with Gasteiger partial charge in [-0.2, -0.15) is 5.10 Å². The van der Waals surface area contributed by atoms with Crippen molar-refractivity contribution >= 4 is 5.91 Å². The van der Waals surface area contributed by atoms with Crippen LogP contribution in [0.5, 0.6) is 0 Å². The second-order valence-corrected chi connectivity index (χ2v) is 6.93. The van der Waals surface area contributed by atoms with Crippen molar-refractivity contribution in [2.45, 2.75) is 19.5 Å². The largest absolute Gasteiger partial charge is 0.352 e. The summed E-state index contributed by atoms with van der Waals surface area (Å²) in [5.41, 5.74) is 5.55. The fraction of sp³-hybridized carbons (Fsp3) is 0.125. The first kappa shape index (κ1) is 18.6. The van der Waals surface area contributed by atoms with E-state index in [1.807, 2.05) is 54.6 Å². The molecule has 144 valence electrons. The molecule has 0 radical (unpaired) electrons. The molecule has 1 amide bonds. The normalized spacial score (nSPS) is 10.6. The van der Waals surface area contributed by atoms with Crippen LogP contribution in [0.4, 0.5) is 0 Å². The van der Waals surface area contributed by atoms with E-state index >= 15 is 0 Å². The Bertz CT molecular complexity index is 1040. The van der Waals surface area contributed by atoms with Gasteiger partial charge in [-0.3, -0.25) is 4.79 Å². The summed E-state index contributed by atoms with van der Waals surface area (Å²) in [7, 11) is 0. The molecule has 5 nitrogen and oxygen atoms in total. The molecule has 0 spiro atoms. The van der Waals surface area contributed by atoms with Gasteiger partial charge in [0.05, 0.1) is 13.0 Å². The van der Waals surface area contributed by atoms with E-state index in [9.17, 15) is 4.79 Å². The summed E-state index contributed by atoms with van der Waals surface area (Å²) < 4.78 is 1.78. The Hall–Kier alpha value is -3.73. The molecule has 0 atom stereocenters. The second kappa shape index (κ2) is 8.97. The van der Waals surface area contributed by atoms with E-state index in [4.69, 9.17) is 0 Å². The summed E-state index contributed by atoms with van der Waals surface area (Å²) in [5.74, 6) is 0.0177. The molecule has 3 aromatic carbocycles. The van der Waals surface area contributed by atoms with Crippen LogP contribution in [0.3, 0.4) is 0 Å². The fourth-order valence-corrected chi connectivity index (χ4v) is 3.16. The smallest absolute Gasteiger partial charge is 0.224 e. The zero-order valence-electron chi connectivity index (χ0n) is 16.0. The first-order valence-electron chi connectivity index (χ1n) is 9.57. The van der Waals surface area contributed by atoms with Gasteiger partial charge in [-0.15, -0.1) is 0 Å². The highest BCUT2D eigenvalue weighted by Crippen LogP contribution is 2.19.